The van der Waals surface area contributed by atoms with E-state index >= 15 is 0 Å². The molecule has 17 heavy (non-hydrogen) atoms. The first-order chi connectivity index (χ1) is 8.22. The Morgan fingerprint density at radius 2 is 2.18 bits per heavy atom. The molecule has 5 heteroatoms. The van der Waals surface area contributed by atoms with Gasteiger partial charge in [-0.1, -0.05) is 33.6 Å². The molecule has 0 aliphatic carbocycles. The minimum atomic E-state index is -0.169. The molecule has 1 atom stereocenters. The Kier molecular flexibility index (Phi) is 3.83. The van der Waals surface area contributed by atoms with Gasteiger partial charge in [0.25, 0.3) is 0 Å². The molecule has 1 aromatic carbocycles. The summed E-state index contributed by atoms with van der Waals surface area (Å²) in [4.78, 5) is 8.33. The number of nitrogens with one attached hydrogen (secondary N) is 1. The topological polar surface area (TPSA) is 63.8 Å². The Morgan fingerprint density at radius 3 is 2.82 bits per heavy atom. The van der Waals surface area contributed by atoms with Gasteiger partial charge in [-0.3, -0.25) is 15.8 Å². The molecule has 1 heterocycles. The third kappa shape index (κ3) is 2.69. The number of hydrogen-bond acceptors (Lipinski definition) is 4. The molecule has 1 aromatic heterocycles. The Hall–Kier alpha value is -1.30. The third-order valence-corrected chi connectivity index (χ3v) is 3.23. The average Bonchev–Trinajstić information content (AvgIpc) is 2.36. The Morgan fingerprint density at radius 1 is 1.35 bits per heavy atom. The minimum absolute atomic E-state index is 0.169. The quantitative estimate of drug-likeness (QED) is 0.672. The highest BCUT2D eigenvalue weighted by molar-refractivity contribution is 9.10. The van der Waals surface area contributed by atoms with Crippen LogP contribution < -0.4 is 11.3 Å². The van der Waals surface area contributed by atoms with Gasteiger partial charge in [0, 0.05) is 16.9 Å². The number of halogens is 1. The fourth-order valence-corrected chi connectivity index (χ4v) is 2.15. The van der Waals surface area contributed by atoms with E-state index in [1.165, 1.54) is 5.56 Å². The van der Waals surface area contributed by atoms with Crippen molar-refractivity contribution in [3.8, 4) is 0 Å². The maximum absolute atomic E-state index is 5.62. The van der Waals surface area contributed by atoms with Crippen molar-refractivity contribution in [1.29, 1.82) is 0 Å². The van der Waals surface area contributed by atoms with Crippen molar-refractivity contribution < 1.29 is 0 Å². The van der Waals surface area contributed by atoms with Crippen molar-refractivity contribution in [2.75, 3.05) is 0 Å². The molecule has 0 radical (unpaired) electrons. The van der Waals surface area contributed by atoms with E-state index < -0.39 is 0 Å². The zero-order chi connectivity index (χ0) is 12.3. The van der Waals surface area contributed by atoms with Crippen LogP contribution in [0.15, 0.2) is 41.3 Å². The molecule has 0 amide bonds. The summed E-state index contributed by atoms with van der Waals surface area (Å²) in [6.45, 7) is 2.04. The van der Waals surface area contributed by atoms with Crippen LogP contribution in [0.25, 0.3) is 0 Å². The lowest BCUT2D eigenvalue weighted by Crippen LogP contribution is -2.29. The van der Waals surface area contributed by atoms with Crippen LogP contribution in [-0.2, 0) is 0 Å². The summed E-state index contributed by atoms with van der Waals surface area (Å²) in [7, 11) is 0. The highest BCUT2D eigenvalue weighted by atomic mass is 79.9. The summed E-state index contributed by atoms with van der Waals surface area (Å²) in [6.07, 6.45) is 5.01. The Bertz CT molecular complexity index is 501. The normalized spacial score (nSPS) is 12.4. The monoisotopic (exact) mass is 292 g/mol. The van der Waals surface area contributed by atoms with Crippen molar-refractivity contribution in [1.82, 2.24) is 15.4 Å². The number of nitrogens with two attached hydrogens (primary N) is 1. The van der Waals surface area contributed by atoms with E-state index in [1.54, 1.807) is 18.6 Å². The Labute approximate surface area is 108 Å². The van der Waals surface area contributed by atoms with E-state index in [0.717, 1.165) is 15.7 Å². The van der Waals surface area contributed by atoms with E-state index in [2.05, 4.69) is 37.4 Å². The van der Waals surface area contributed by atoms with Crippen molar-refractivity contribution in [2.24, 2.45) is 5.84 Å². The number of hydrazine groups is 1. The molecule has 0 saturated heterocycles. The summed E-state index contributed by atoms with van der Waals surface area (Å²) in [5.41, 5.74) is 5.79. The molecule has 4 nitrogen and oxygen atoms in total. The van der Waals surface area contributed by atoms with Gasteiger partial charge in [-0.2, -0.15) is 0 Å². The minimum Gasteiger partial charge on any atom is -0.271 e. The number of benzene rings is 1. The molecule has 3 N–H and O–H groups in total. The molecule has 0 bridgehead atoms. The molecule has 0 fully saturated rings. The lowest BCUT2D eigenvalue weighted by atomic mass is 10.0. The second kappa shape index (κ2) is 5.35. The highest BCUT2D eigenvalue weighted by Gasteiger charge is 2.16. The van der Waals surface area contributed by atoms with E-state index in [-0.39, 0.29) is 6.04 Å². The maximum Gasteiger partial charge on any atom is 0.0908 e. The Balaban J connectivity index is 2.46. The largest absolute Gasteiger partial charge is 0.271 e. The van der Waals surface area contributed by atoms with Gasteiger partial charge >= 0.3 is 0 Å². The number of aromatic nitrogens is 2. The summed E-state index contributed by atoms with van der Waals surface area (Å²) in [5.74, 6) is 5.62. The van der Waals surface area contributed by atoms with E-state index in [0.29, 0.717) is 0 Å². The smallest absolute Gasteiger partial charge is 0.0908 e. The van der Waals surface area contributed by atoms with Crippen LogP contribution in [-0.4, -0.2) is 9.97 Å². The standard InChI is InChI=1S/C12H13BrN4/c1-8-2-3-10(13)9(6-8)12(17-14)11-7-15-4-5-16-11/h2-7,12,17H,14H2,1H3. The SMILES string of the molecule is Cc1ccc(Br)c(C(NN)c2cnccn2)c1. The lowest BCUT2D eigenvalue weighted by Gasteiger charge is -2.17. The van der Waals surface area contributed by atoms with Gasteiger partial charge in [-0.15, -0.1) is 0 Å². The van der Waals surface area contributed by atoms with E-state index in [1.807, 2.05) is 19.1 Å². The van der Waals surface area contributed by atoms with E-state index in [4.69, 9.17) is 5.84 Å². The summed E-state index contributed by atoms with van der Waals surface area (Å²) in [5, 5.41) is 0. The lowest BCUT2D eigenvalue weighted by molar-refractivity contribution is 0.615. The van der Waals surface area contributed by atoms with Gasteiger partial charge in [0.2, 0.25) is 0 Å². The second-order valence-electron chi connectivity index (χ2n) is 3.75. The average molecular weight is 293 g/mol. The molecular weight excluding hydrogens is 280 g/mol. The van der Waals surface area contributed by atoms with Gasteiger partial charge in [0.1, 0.15) is 0 Å². The highest BCUT2D eigenvalue weighted by Crippen LogP contribution is 2.27. The number of aryl methyl sites for hydroxylation is 1. The molecule has 88 valence electrons. The number of rotatable bonds is 3. The first-order valence-corrected chi connectivity index (χ1v) is 5.99. The van der Waals surface area contributed by atoms with Crippen molar-refractivity contribution in [3.05, 3.63) is 58.1 Å². The molecular formula is C12H13BrN4. The molecule has 1 unspecified atom stereocenters. The predicted molar refractivity (Wildman–Crippen MR) is 70.1 cm³/mol. The zero-order valence-corrected chi connectivity index (χ0v) is 11.0. The fourth-order valence-electron chi connectivity index (χ4n) is 1.68. The summed E-state index contributed by atoms with van der Waals surface area (Å²) >= 11 is 3.53. The summed E-state index contributed by atoms with van der Waals surface area (Å²) < 4.78 is 0.997. The van der Waals surface area contributed by atoms with Crippen LogP contribution in [0.4, 0.5) is 0 Å². The molecule has 0 saturated carbocycles. The summed E-state index contributed by atoms with van der Waals surface area (Å²) in [6, 6.07) is 5.95. The molecule has 0 aliphatic rings. The number of nitrogens with zero attached hydrogens (tertiary/aromatic N) is 2. The maximum atomic E-state index is 5.62. The first-order valence-electron chi connectivity index (χ1n) is 5.20. The first kappa shape index (κ1) is 12.2. The van der Waals surface area contributed by atoms with E-state index in [9.17, 15) is 0 Å². The van der Waals surface area contributed by atoms with Crippen LogP contribution in [0.1, 0.15) is 22.9 Å². The van der Waals surface area contributed by atoms with Crippen LogP contribution in [0.2, 0.25) is 0 Å². The van der Waals surface area contributed by atoms with Gasteiger partial charge in [-0.25, -0.2) is 5.43 Å². The van der Waals surface area contributed by atoms with Gasteiger partial charge in [0.05, 0.1) is 17.9 Å². The molecule has 2 aromatic rings. The van der Waals surface area contributed by atoms with Crippen LogP contribution in [0.3, 0.4) is 0 Å². The van der Waals surface area contributed by atoms with Gasteiger partial charge in [-0.05, 0) is 18.6 Å². The fraction of sp³-hybridized carbons (Fsp3) is 0.167. The molecule has 2 rings (SSSR count). The zero-order valence-electron chi connectivity index (χ0n) is 9.39. The van der Waals surface area contributed by atoms with Gasteiger partial charge < -0.3 is 0 Å². The van der Waals surface area contributed by atoms with Gasteiger partial charge in [0.15, 0.2) is 0 Å². The predicted octanol–water partition coefficient (Wildman–Crippen LogP) is 2.10. The van der Waals surface area contributed by atoms with Crippen molar-refractivity contribution in [3.63, 3.8) is 0 Å². The van der Waals surface area contributed by atoms with Crippen LogP contribution in [0.5, 0.6) is 0 Å². The van der Waals surface area contributed by atoms with Crippen LogP contribution in [0, 0.1) is 6.92 Å². The van der Waals surface area contributed by atoms with Crippen molar-refractivity contribution >= 4 is 15.9 Å². The van der Waals surface area contributed by atoms with Crippen LogP contribution >= 0.6 is 15.9 Å². The second-order valence-corrected chi connectivity index (χ2v) is 4.61. The van der Waals surface area contributed by atoms with Crippen molar-refractivity contribution in [2.45, 2.75) is 13.0 Å². The third-order valence-electron chi connectivity index (χ3n) is 2.51. The number of hydrogen-bond donors (Lipinski definition) is 2. The molecule has 0 aliphatic heterocycles. The molecule has 0 spiro atoms.